The number of rotatable bonds is 5. The van der Waals surface area contributed by atoms with Gasteiger partial charge in [0.15, 0.2) is 0 Å². The Balaban J connectivity index is 0.000000956. The van der Waals surface area contributed by atoms with E-state index in [4.69, 9.17) is 5.11 Å². The first-order valence-corrected chi connectivity index (χ1v) is 7.05. The van der Waals surface area contributed by atoms with Crippen LogP contribution in [0.1, 0.15) is 31.7 Å². The third-order valence-corrected chi connectivity index (χ3v) is 3.38. The molecule has 3 N–H and O–H groups in total. The van der Waals surface area contributed by atoms with Gasteiger partial charge in [-0.1, -0.05) is 56.2 Å². The van der Waals surface area contributed by atoms with Crippen LogP contribution in [0, 0.1) is 0 Å². The predicted molar refractivity (Wildman–Crippen MR) is 85.1 cm³/mol. The first-order chi connectivity index (χ1) is 9.74. The van der Waals surface area contributed by atoms with Gasteiger partial charge in [-0.15, -0.1) is 0 Å². The Hall–Kier alpha value is -1.36. The lowest BCUT2D eigenvalue weighted by molar-refractivity contribution is 0.399. The second kappa shape index (κ2) is 8.74. The van der Waals surface area contributed by atoms with Crippen LogP contribution in [0.2, 0.25) is 0 Å². The summed E-state index contributed by atoms with van der Waals surface area (Å²) < 4.78 is 0. The van der Waals surface area contributed by atoms with Crippen molar-refractivity contribution in [2.24, 2.45) is 0 Å². The number of aliphatic hydroxyl groups excluding tert-OH is 1. The van der Waals surface area contributed by atoms with E-state index in [1.54, 1.807) is 0 Å². The van der Waals surface area contributed by atoms with Crippen molar-refractivity contribution in [2.45, 2.75) is 32.6 Å². The third-order valence-electron chi connectivity index (χ3n) is 3.38. The molecule has 0 unspecified atom stereocenters. The van der Waals surface area contributed by atoms with Gasteiger partial charge in [-0.05, 0) is 34.6 Å². The van der Waals surface area contributed by atoms with E-state index in [1.807, 2.05) is 30.3 Å². The fourth-order valence-corrected chi connectivity index (χ4v) is 2.39. The summed E-state index contributed by atoms with van der Waals surface area (Å²) in [6.45, 7) is 2.20. The molecule has 2 rings (SSSR count). The van der Waals surface area contributed by atoms with Crippen molar-refractivity contribution < 1.29 is 15.2 Å². The molecule has 0 aliphatic heterocycles. The Labute approximate surface area is 121 Å². The van der Waals surface area contributed by atoms with E-state index in [9.17, 15) is 10.0 Å². The Morgan fingerprint density at radius 2 is 1.55 bits per heavy atom. The van der Waals surface area contributed by atoms with Crippen molar-refractivity contribution in [1.82, 2.24) is 0 Å². The molecule has 0 fully saturated rings. The molecule has 0 aliphatic rings. The van der Waals surface area contributed by atoms with Crippen LogP contribution in [-0.4, -0.2) is 29.4 Å². The molecule has 0 spiro atoms. The molecule has 0 heterocycles. The number of aliphatic hydroxyl groups is 1. The van der Waals surface area contributed by atoms with Crippen LogP contribution in [0.15, 0.2) is 36.4 Å². The zero-order valence-corrected chi connectivity index (χ0v) is 12.2. The van der Waals surface area contributed by atoms with E-state index in [0.29, 0.717) is 5.46 Å². The first-order valence-electron chi connectivity index (χ1n) is 7.05. The average molecular weight is 274 g/mol. The molecule has 20 heavy (non-hydrogen) atoms. The molecule has 0 amide bonds. The van der Waals surface area contributed by atoms with Gasteiger partial charge in [-0.25, -0.2) is 0 Å². The standard InChI is InChI=1S/C15H19BO2.CH4O/c1-2-3-4-7-12-10-11-15(16(17)18)14-9-6-5-8-13(12)14;1-2/h5-6,8-11,17-18H,2-4,7H2,1H3;2H,1H3. The van der Waals surface area contributed by atoms with E-state index < -0.39 is 7.12 Å². The molecule has 4 heteroatoms. The zero-order chi connectivity index (χ0) is 15.0. The number of aryl methyl sites for hydroxylation is 1. The molecule has 0 saturated carbocycles. The lowest BCUT2D eigenvalue weighted by atomic mass is 9.76. The maximum absolute atomic E-state index is 9.38. The summed E-state index contributed by atoms with van der Waals surface area (Å²) in [4.78, 5) is 0. The lowest BCUT2D eigenvalue weighted by Gasteiger charge is -2.10. The molecule has 0 aromatic heterocycles. The van der Waals surface area contributed by atoms with Crippen molar-refractivity contribution in [3.8, 4) is 0 Å². The molecule has 2 aromatic rings. The highest BCUT2D eigenvalue weighted by atomic mass is 16.4. The minimum atomic E-state index is -1.40. The van der Waals surface area contributed by atoms with Crippen molar-refractivity contribution >= 4 is 23.4 Å². The summed E-state index contributed by atoms with van der Waals surface area (Å²) in [6.07, 6.45) is 4.68. The molecule has 0 radical (unpaired) electrons. The average Bonchev–Trinajstić information content (AvgIpc) is 2.49. The molecule has 108 valence electrons. The minimum Gasteiger partial charge on any atom is -0.423 e. The Morgan fingerprint density at radius 1 is 0.900 bits per heavy atom. The lowest BCUT2D eigenvalue weighted by Crippen LogP contribution is -2.30. The van der Waals surface area contributed by atoms with Crippen LogP contribution in [-0.2, 0) is 6.42 Å². The van der Waals surface area contributed by atoms with Crippen LogP contribution in [0.5, 0.6) is 0 Å². The van der Waals surface area contributed by atoms with Gasteiger partial charge in [-0.3, -0.25) is 0 Å². The van der Waals surface area contributed by atoms with E-state index in [0.717, 1.165) is 24.3 Å². The van der Waals surface area contributed by atoms with Gasteiger partial charge in [0, 0.05) is 7.11 Å². The fraction of sp³-hybridized carbons (Fsp3) is 0.375. The van der Waals surface area contributed by atoms with Crippen LogP contribution < -0.4 is 5.46 Å². The Kier molecular flexibility index (Phi) is 7.30. The largest absolute Gasteiger partial charge is 0.489 e. The third kappa shape index (κ3) is 4.07. The second-order valence-electron chi connectivity index (χ2n) is 4.69. The van der Waals surface area contributed by atoms with Crippen molar-refractivity contribution in [3.05, 3.63) is 42.0 Å². The van der Waals surface area contributed by atoms with Gasteiger partial charge in [0.1, 0.15) is 0 Å². The maximum Gasteiger partial charge on any atom is 0.489 e. The number of fused-ring (bicyclic) bond motifs is 1. The molecule has 2 aromatic carbocycles. The van der Waals surface area contributed by atoms with Gasteiger partial charge in [0.25, 0.3) is 0 Å². The molecule has 3 nitrogen and oxygen atoms in total. The first kappa shape index (κ1) is 16.7. The zero-order valence-electron chi connectivity index (χ0n) is 12.2. The van der Waals surface area contributed by atoms with E-state index in [-0.39, 0.29) is 0 Å². The highest BCUT2D eigenvalue weighted by molar-refractivity contribution is 6.62. The summed E-state index contributed by atoms with van der Waals surface area (Å²) in [5.74, 6) is 0. The number of hydrogen-bond donors (Lipinski definition) is 3. The Bertz CT molecular complexity index is 526. The summed E-state index contributed by atoms with van der Waals surface area (Å²) in [5.41, 5.74) is 1.88. The van der Waals surface area contributed by atoms with Crippen LogP contribution in [0.3, 0.4) is 0 Å². The summed E-state index contributed by atoms with van der Waals surface area (Å²) in [6, 6.07) is 11.8. The monoisotopic (exact) mass is 274 g/mol. The number of benzene rings is 2. The van der Waals surface area contributed by atoms with Gasteiger partial charge in [0.05, 0.1) is 0 Å². The summed E-state index contributed by atoms with van der Waals surface area (Å²) >= 11 is 0. The predicted octanol–water partition coefficient (Wildman–Crippen LogP) is 1.86. The van der Waals surface area contributed by atoms with E-state index in [1.165, 1.54) is 24.8 Å². The van der Waals surface area contributed by atoms with E-state index >= 15 is 0 Å². The highest BCUT2D eigenvalue weighted by Crippen LogP contribution is 2.19. The SMILES string of the molecule is CCCCCc1ccc(B(O)O)c2ccccc12.CO. The normalized spacial score (nSPS) is 10.1. The Morgan fingerprint density at radius 3 is 2.15 bits per heavy atom. The molecule has 0 saturated heterocycles. The second-order valence-corrected chi connectivity index (χ2v) is 4.69. The van der Waals surface area contributed by atoms with Crippen molar-refractivity contribution in [3.63, 3.8) is 0 Å². The molecule has 0 aliphatic carbocycles. The van der Waals surface area contributed by atoms with Gasteiger partial charge < -0.3 is 15.2 Å². The number of unbranched alkanes of at least 4 members (excludes halogenated alkanes) is 2. The smallest absolute Gasteiger partial charge is 0.423 e. The minimum absolute atomic E-state index is 0.588. The van der Waals surface area contributed by atoms with Crippen LogP contribution in [0.4, 0.5) is 0 Å². The number of hydrogen-bond acceptors (Lipinski definition) is 3. The maximum atomic E-state index is 9.38. The van der Waals surface area contributed by atoms with Crippen LogP contribution >= 0.6 is 0 Å². The quantitative estimate of drug-likeness (QED) is 0.576. The van der Waals surface area contributed by atoms with Crippen molar-refractivity contribution in [2.75, 3.05) is 7.11 Å². The van der Waals surface area contributed by atoms with Gasteiger partial charge in [-0.2, -0.15) is 0 Å². The molecule has 0 bridgehead atoms. The highest BCUT2D eigenvalue weighted by Gasteiger charge is 2.15. The van der Waals surface area contributed by atoms with Crippen molar-refractivity contribution in [1.29, 1.82) is 0 Å². The molecular weight excluding hydrogens is 251 g/mol. The van der Waals surface area contributed by atoms with Gasteiger partial charge in [0.2, 0.25) is 0 Å². The molecular formula is C16H23BO3. The summed E-state index contributed by atoms with van der Waals surface area (Å²) in [5, 5.41) is 27.8. The van der Waals surface area contributed by atoms with Crippen LogP contribution in [0.25, 0.3) is 10.8 Å². The van der Waals surface area contributed by atoms with Gasteiger partial charge >= 0.3 is 7.12 Å². The molecule has 0 atom stereocenters. The van der Waals surface area contributed by atoms with E-state index in [2.05, 4.69) is 13.0 Å². The fourth-order valence-electron chi connectivity index (χ4n) is 2.39. The summed E-state index contributed by atoms with van der Waals surface area (Å²) in [7, 11) is -0.403. The topological polar surface area (TPSA) is 60.7 Å².